The van der Waals surface area contributed by atoms with Gasteiger partial charge in [0.1, 0.15) is 0 Å². The van der Waals surface area contributed by atoms with Gasteiger partial charge in [-0.05, 0) is 63.3 Å². The number of nitro groups is 1. The van der Waals surface area contributed by atoms with Crippen LogP contribution >= 0.6 is 11.8 Å². The van der Waals surface area contributed by atoms with Crippen molar-refractivity contribution >= 4 is 29.3 Å². The number of alkyl halides is 3. The van der Waals surface area contributed by atoms with Crippen molar-refractivity contribution in [3.05, 3.63) is 75.4 Å². The lowest BCUT2D eigenvalue weighted by atomic mass is 9.97. The summed E-state index contributed by atoms with van der Waals surface area (Å²) >= 11 is 0.765. The Morgan fingerprint density at radius 1 is 1.17 bits per heavy atom. The molecule has 0 saturated carbocycles. The van der Waals surface area contributed by atoms with E-state index in [2.05, 4.69) is 11.4 Å². The van der Waals surface area contributed by atoms with E-state index in [-0.39, 0.29) is 15.4 Å². The van der Waals surface area contributed by atoms with E-state index >= 15 is 0 Å². The highest BCUT2D eigenvalue weighted by Crippen LogP contribution is 2.40. The summed E-state index contributed by atoms with van der Waals surface area (Å²) in [5.41, 5.74) is -0.553. The van der Waals surface area contributed by atoms with Gasteiger partial charge in [-0.25, -0.2) is 4.79 Å². The van der Waals surface area contributed by atoms with Crippen molar-refractivity contribution < 1.29 is 32.4 Å². The average molecular weight is 523 g/mol. The fraction of sp³-hybridized carbons (Fsp3) is 0.360. The van der Waals surface area contributed by atoms with Gasteiger partial charge in [0.15, 0.2) is 6.10 Å². The highest BCUT2D eigenvalue weighted by atomic mass is 32.2. The summed E-state index contributed by atoms with van der Waals surface area (Å²) in [5, 5.41) is 14.2. The van der Waals surface area contributed by atoms with Crippen LogP contribution in [-0.4, -0.2) is 29.4 Å². The second-order valence-corrected chi connectivity index (χ2v) is 9.32. The van der Waals surface area contributed by atoms with Crippen LogP contribution in [-0.2, 0) is 15.7 Å². The molecule has 0 aromatic heterocycles. The first-order chi connectivity index (χ1) is 17.1. The smallest absolute Gasteiger partial charge is 0.416 e. The molecule has 36 heavy (non-hydrogen) atoms. The van der Waals surface area contributed by atoms with Gasteiger partial charge < -0.3 is 10.1 Å². The largest absolute Gasteiger partial charge is 0.449 e. The molecule has 0 heterocycles. The molecular weight excluding hydrogens is 497 g/mol. The van der Waals surface area contributed by atoms with Crippen LogP contribution in [0.4, 0.5) is 18.9 Å². The Morgan fingerprint density at radius 3 is 2.58 bits per heavy atom. The minimum Gasteiger partial charge on any atom is -0.449 e. The van der Waals surface area contributed by atoms with Crippen molar-refractivity contribution in [1.82, 2.24) is 5.32 Å². The maximum atomic E-state index is 13.0. The number of allylic oxidation sites excluding steroid dienone is 1. The van der Waals surface area contributed by atoms with Crippen LogP contribution in [0.1, 0.15) is 54.9 Å². The Balaban J connectivity index is 1.68. The summed E-state index contributed by atoms with van der Waals surface area (Å²) in [4.78, 5) is 35.8. The van der Waals surface area contributed by atoms with Gasteiger partial charge in [-0.2, -0.15) is 13.2 Å². The number of hydrogen-bond acceptors (Lipinski definition) is 6. The predicted octanol–water partition coefficient (Wildman–Crippen LogP) is 6.32. The lowest BCUT2D eigenvalue weighted by molar-refractivity contribution is -0.388. The fourth-order valence-corrected chi connectivity index (χ4v) is 4.68. The molecule has 0 saturated heterocycles. The second kappa shape index (κ2) is 12.1. The van der Waals surface area contributed by atoms with Crippen LogP contribution in [0.2, 0.25) is 0 Å². The van der Waals surface area contributed by atoms with E-state index in [0.717, 1.165) is 49.6 Å². The molecule has 0 spiro atoms. The van der Waals surface area contributed by atoms with Crippen LogP contribution in [0.3, 0.4) is 0 Å². The molecule has 192 valence electrons. The summed E-state index contributed by atoms with van der Waals surface area (Å²) in [6.07, 6.45) is 1.48. The van der Waals surface area contributed by atoms with Crippen molar-refractivity contribution in [2.75, 3.05) is 6.54 Å². The predicted molar refractivity (Wildman–Crippen MR) is 128 cm³/mol. The van der Waals surface area contributed by atoms with E-state index in [1.807, 2.05) is 0 Å². The maximum absolute atomic E-state index is 13.0. The Kier molecular flexibility index (Phi) is 9.14. The van der Waals surface area contributed by atoms with Gasteiger partial charge in [0.2, 0.25) is 0 Å². The molecule has 1 aliphatic rings. The van der Waals surface area contributed by atoms with E-state index in [4.69, 9.17) is 4.74 Å². The first-order valence-corrected chi connectivity index (χ1v) is 12.2. The average Bonchev–Trinajstić information content (AvgIpc) is 2.84. The molecule has 1 amide bonds. The van der Waals surface area contributed by atoms with Crippen LogP contribution < -0.4 is 5.32 Å². The summed E-state index contributed by atoms with van der Waals surface area (Å²) in [6.45, 7) is 1.86. The fourth-order valence-electron chi connectivity index (χ4n) is 3.66. The number of hydrogen-bond donors (Lipinski definition) is 1. The van der Waals surface area contributed by atoms with Crippen molar-refractivity contribution in [2.24, 2.45) is 0 Å². The standard InChI is InChI=1S/C25H25F3N2O5S/c1-16(23(31)29-14-13-17-7-3-2-4-8-17)35-24(32)19-9-5-6-10-21(19)36-22-12-11-18(25(26,27)28)15-20(22)30(33)34/h5-7,9-12,15-16H,2-4,8,13-14H2,1H3,(H,29,31). The lowest BCUT2D eigenvalue weighted by Gasteiger charge is -2.16. The first kappa shape index (κ1) is 27.3. The first-order valence-electron chi connectivity index (χ1n) is 11.4. The summed E-state index contributed by atoms with van der Waals surface area (Å²) in [5.74, 6) is -1.28. The highest BCUT2D eigenvalue weighted by Gasteiger charge is 2.33. The van der Waals surface area contributed by atoms with E-state index in [9.17, 15) is 32.9 Å². The Bertz CT molecular complexity index is 1170. The molecule has 1 N–H and O–H groups in total. The molecular formula is C25H25F3N2O5S. The third-order valence-electron chi connectivity index (χ3n) is 5.59. The van der Waals surface area contributed by atoms with Crippen LogP contribution in [0, 0.1) is 10.1 Å². The Labute approximate surface area is 210 Å². The molecule has 1 unspecified atom stereocenters. The Hall–Kier alpha value is -3.34. The molecule has 2 aromatic rings. The molecule has 1 aliphatic carbocycles. The number of amides is 1. The van der Waals surface area contributed by atoms with Gasteiger partial charge in [-0.15, -0.1) is 0 Å². The number of nitro benzene ring substituents is 1. The molecule has 0 radical (unpaired) electrons. The molecule has 0 bridgehead atoms. The number of esters is 1. The number of benzene rings is 2. The van der Waals surface area contributed by atoms with Gasteiger partial charge in [0, 0.05) is 17.5 Å². The van der Waals surface area contributed by atoms with E-state index in [0.29, 0.717) is 12.6 Å². The summed E-state index contributed by atoms with van der Waals surface area (Å²) in [6, 6.07) is 8.22. The van der Waals surface area contributed by atoms with Crippen LogP contribution in [0.25, 0.3) is 0 Å². The van der Waals surface area contributed by atoms with Crippen molar-refractivity contribution in [3.8, 4) is 0 Å². The quantitative estimate of drug-likeness (QED) is 0.179. The topological polar surface area (TPSA) is 98.5 Å². The van der Waals surface area contributed by atoms with E-state index in [1.54, 1.807) is 12.1 Å². The molecule has 0 aliphatic heterocycles. The molecule has 11 heteroatoms. The summed E-state index contributed by atoms with van der Waals surface area (Å²) in [7, 11) is 0. The number of nitrogens with zero attached hydrogens (tertiary/aromatic N) is 1. The van der Waals surface area contributed by atoms with Crippen LogP contribution in [0.5, 0.6) is 0 Å². The SMILES string of the molecule is CC(OC(=O)c1ccccc1Sc1ccc(C(F)(F)F)cc1[N+](=O)[O-])C(=O)NCCC1=CCCCC1. The number of carbonyl (C=O) groups is 2. The van der Waals surface area contributed by atoms with Gasteiger partial charge >= 0.3 is 12.1 Å². The van der Waals surface area contributed by atoms with Crippen LogP contribution in [0.15, 0.2) is 63.9 Å². The minimum absolute atomic E-state index is 0.0312. The number of ether oxygens (including phenoxy) is 1. The van der Waals surface area contributed by atoms with Gasteiger partial charge in [-0.3, -0.25) is 14.9 Å². The zero-order chi connectivity index (χ0) is 26.3. The molecule has 7 nitrogen and oxygen atoms in total. The number of halogens is 3. The van der Waals surface area contributed by atoms with Crippen molar-refractivity contribution in [1.29, 1.82) is 0 Å². The van der Waals surface area contributed by atoms with Gasteiger partial charge in [0.25, 0.3) is 11.6 Å². The second-order valence-electron chi connectivity index (χ2n) is 8.23. The van der Waals surface area contributed by atoms with Crippen molar-refractivity contribution in [3.63, 3.8) is 0 Å². The maximum Gasteiger partial charge on any atom is 0.416 e. The zero-order valence-corrected chi connectivity index (χ0v) is 20.3. The van der Waals surface area contributed by atoms with E-state index < -0.39 is 40.3 Å². The number of carbonyl (C=O) groups excluding carboxylic acids is 2. The van der Waals surface area contributed by atoms with Crippen molar-refractivity contribution in [2.45, 2.75) is 61.1 Å². The Morgan fingerprint density at radius 2 is 1.92 bits per heavy atom. The zero-order valence-electron chi connectivity index (χ0n) is 19.5. The third kappa shape index (κ3) is 7.33. The van der Waals surface area contributed by atoms with E-state index in [1.165, 1.54) is 31.1 Å². The van der Waals surface area contributed by atoms with Gasteiger partial charge in [-0.1, -0.05) is 35.5 Å². The molecule has 3 rings (SSSR count). The van der Waals surface area contributed by atoms with Gasteiger partial charge in [0.05, 0.1) is 20.9 Å². The molecule has 2 aromatic carbocycles. The molecule has 0 fully saturated rings. The number of nitrogens with one attached hydrogen (secondary N) is 1. The monoisotopic (exact) mass is 522 g/mol. The highest BCUT2D eigenvalue weighted by molar-refractivity contribution is 7.99. The number of rotatable bonds is 9. The lowest BCUT2D eigenvalue weighted by Crippen LogP contribution is -2.36. The minimum atomic E-state index is -4.74. The molecule has 1 atom stereocenters. The third-order valence-corrected chi connectivity index (χ3v) is 6.73. The summed E-state index contributed by atoms with van der Waals surface area (Å²) < 4.78 is 44.3. The normalized spacial score (nSPS) is 14.5.